The van der Waals surface area contributed by atoms with Crippen molar-refractivity contribution in [1.82, 2.24) is 10.2 Å². The number of thiophene rings is 1. The van der Waals surface area contributed by atoms with Crippen LogP contribution in [-0.4, -0.2) is 62.8 Å². The summed E-state index contributed by atoms with van der Waals surface area (Å²) in [5.41, 5.74) is 0. The van der Waals surface area contributed by atoms with Crippen molar-refractivity contribution in [3.05, 3.63) is 22.4 Å². The molecule has 1 aliphatic rings. The topological polar surface area (TPSA) is 67.9 Å². The van der Waals surface area contributed by atoms with Gasteiger partial charge in [0.25, 0.3) is 0 Å². The number of nitrogens with one attached hydrogen (secondary N) is 1. The quantitative estimate of drug-likeness (QED) is 0.719. The summed E-state index contributed by atoms with van der Waals surface area (Å²) in [7, 11) is 1.60. The molecule has 1 aliphatic heterocycles. The smallest absolute Gasteiger partial charge is 0.248 e. The second-order valence-electron chi connectivity index (χ2n) is 5.52. The summed E-state index contributed by atoms with van der Waals surface area (Å²) in [6.45, 7) is 2.34. The zero-order valence-electron chi connectivity index (χ0n) is 13.5. The van der Waals surface area contributed by atoms with Crippen molar-refractivity contribution < 1.29 is 19.1 Å². The van der Waals surface area contributed by atoms with Gasteiger partial charge in [-0.2, -0.15) is 0 Å². The fraction of sp³-hybridized carbons (Fsp3) is 0.625. The molecule has 7 heteroatoms. The van der Waals surface area contributed by atoms with Crippen molar-refractivity contribution in [3.8, 4) is 0 Å². The van der Waals surface area contributed by atoms with E-state index in [0.29, 0.717) is 32.7 Å². The molecule has 23 heavy (non-hydrogen) atoms. The van der Waals surface area contributed by atoms with Gasteiger partial charge in [0.15, 0.2) is 0 Å². The molecule has 2 rings (SSSR count). The molecule has 0 atom stereocenters. The number of nitrogens with zero attached hydrogens (tertiary/aromatic N) is 1. The third-order valence-corrected chi connectivity index (χ3v) is 4.66. The molecule has 1 aromatic heterocycles. The van der Waals surface area contributed by atoms with Crippen LogP contribution in [0.2, 0.25) is 0 Å². The molecule has 0 spiro atoms. The SMILES string of the molecule is COCCOCC(=O)N1CCC(NC(=O)Cc2cccs2)CC1. The number of hydrogen-bond acceptors (Lipinski definition) is 5. The highest BCUT2D eigenvalue weighted by atomic mass is 32.1. The van der Waals surface area contributed by atoms with Gasteiger partial charge in [0.1, 0.15) is 6.61 Å². The van der Waals surface area contributed by atoms with Gasteiger partial charge in [-0.15, -0.1) is 11.3 Å². The molecular formula is C16H24N2O4S. The summed E-state index contributed by atoms with van der Waals surface area (Å²) < 4.78 is 10.1. The van der Waals surface area contributed by atoms with Crippen LogP contribution >= 0.6 is 11.3 Å². The van der Waals surface area contributed by atoms with Gasteiger partial charge in [-0.1, -0.05) is 6.07 Å². The molecule has 0 aliphatic carbocycles. The predicted molar refractivity (Wildman–Crippen MR) is 88.5 cm³/mol. The highest BCUT2D eigenvalue weighted by Crippen LogP contribution is 2.12. The van der Waals surface area contributed by atoms with E-state index in [1.807, 2.05) is 17.5 Å². The van der Waals surface area contributed by atoms with Crippen molar-refractivity contribution in [2.75, 3.05) is 40.0 Å². The van der Waals surface area contributed by atoms with Crippen LogP contribution in [0.25, 0.3) is 0 Å². The number of carbonyl (C=O) groups is 2. The number of methoxy groups -OCH3 is 1. The summed E-state index contributed by atoms with van der Waals surface area (Å²) in [5, 5.41) is 5.03. The number of likely N-dealkylation sites (tertiary alicyclic amines) is 1. The zero-order chi connectivity index (χ0) is 16.5. The predicted octanol–water partition coefficient (Wildman–Crippen LogP) is 1.06. The molecule has 1 N–H and O–H groups in total. The molecule has 128 valence electrons. The molecule has 1 fully saturated rings. The maximum Gasteiger partial charge on any atom is 0.248 e. The molecule has 6 nitrogen and oxygen atoms in total. The van der Waals surface area contributed by atoms with Crippen LogP contribution in [0.1, 0.15) is 17.7 Å². The lowest BCUT2D eigenvalue weighted by atomic mass is 10.0. The number of hydrogen-bond donors (Lipinski definition) is 1. The number of carbonyl (C=O) groups excluding carboxylic acids is 2. The van der Waals surface area contributed by atoms with Gasteiger partial charge in [0.05, 0.1) is 19.6 Å². The number of rotatable bonds is 8. The lowest BCUT2D eigenvalue weighted by molar-refractivity contribution is -0.137. The fourth-order valence-electron chi connectivity index (χ4n) is 2.52. The van der Waals surface area contributed by atoms with Crippen molar-refractivity contribution in [2.45, 2.75) is 25.3 Å². The Morgan fingerprint density at radius 2 is 2.13 bits per heavy atom. The standard InChI is InChI=1S/C16H24N2O4S/c1-21-8-9-22-12-16(20)18-6-4-13(5-7-18)17-15(19)11-14-3-2-10-23-14/h2-3,10,13H,4-9,11-12H2,1H3,(H,17,19). The van der Waals surface area contributed by atoms with E-state index in [1.54, 1.807) is 23.3 Å². The van der Waals surface area contributed by atoms with E-state index in [4.69, 9.17) is 9.47 Å². The van der Waals surface area contributed by atoms with Gasteiger partial charge in [-0.05, 0) is 24.3 Å². The number of ether oxygens (including phenoxy) is 2. The maximum atomic E-state index is 12.0. The van der Waals surface area contributed by atoms with E-state index in [2.05, 4.69) is 5.32 Å². The van der Waals surface area contributed by atoms with Crippen LogP contribution in [0.4, 0.5) is 0 Å². The Kier molecular flexibility index (Phi) is 7.51. The molecule has 0 unspecified atom stereocenters. The minimum absolute atomic E-state index is 0.00413. The molecule has 0 bridgehead atoms. The molecule has 2 heterocycles. The van der Waals surface area contributed by atoms with Crippen molar-refractivity contribution in [2.24, 2.45) is 0 Å². The van der Waals surface area contributed by atoms with Gasteiger partial charge in [0, 0.05) is 31.1 Å². The van der Waals surface area contributed by atoms with E-state index < -0.39 is 0 Å². The Hall–Kier alpha value is -1.44. The summed E-state index contributed by atoms with van der Waals surface area (Å²) in [6, 6.07) is 4.07. The molecule has 0 radical (unpaired) electrons. The summed E-state index contributed by atoms with van der Waals surface area (Å²) in [6.07, 6.45) is 2.02. The van der Waals surface area contributed by atoms with Crippen LogP contribution in [0, 0.1) is 0 Å². The minimum atomic E-state index is 0.00413. The highest BCUT2D eigenvalue weighted by Gasteiger charge is 2.23. The van der Waals surface area contributed by atoms with Crippen molar-refractivity contribution in [3.63, 3.8) is 0 Å². The molecule has 0 saturated carbocycles. The molecular weight excluding hydrogens is 316 g/mol. The van der Waals surface area contributed by atoms with Gasteiger partial charge in [0.2, 0.25) is 11.8 Å². The largest absolute Gasteiger partial charge is 0.382 e. The van der Waals surface area contributed by atoms with Gasteiger partial charge in [-0.3, -0.25) is 9.59 Å². The van der Waals surface area contributed by atoms with E-state index in [9.17, 15) is 9.59 Å². The fourth-order valence-corrected chi connectivity index (χ4v) is 3.22. The summed E-state index contributed by atoms with van der Waals surface area (Å²) >= 11 is 1.59. The lowest BCUT2D eigenvalue weighted by Crippen LogP contribution is -2.47. The average Bonchev–Trinajstić information content (AvgIpc) is 3.05. The van der Waals surface area contributed by atoms with Gasteiger partial charge < -0.3 is 19.7 Å². The highest BCUT2D eigenvalue weighted by molar-refractivity contribution is 7.10. The van der Waals surface area contributed by atoms with E-state index in [1.165, 1.54) is 0 Å². The third kappa shape index (κ3) is 6.29. The first kappa shape index (κ1) is 17.9. The minimum Gasteiger partial charge on any atom is -0.382 e. The number of piperidine rings is 1. The summed E-state index contributed by atoms with van der Waals surface area (Å²) in [5.74, 6) is 0.0598. The summed E-state index contributed by atoms with van der Waals surface area (Å²) in [4.78, 5) is 26.8. The normalized spacial score (nSPS) is 15.6. The first-order valence-corrected chi connectivity index (χ1v) is 8.73. The Balaban J connectivity index is 1.63. The Morgan fingerprint density at radius 3 is 2.78 bits per heavy atom. The zero-order valence-corrected chi connectivity index (χ0v) is 14.3. The Bertz CT molecular complexity index is 484. The van der Waals surface area contributed by atoms with Crippen LogP contribution in [0.15, 0.2) is 17.5 Å². The van der Waals surface area contributed by atoms with Crippen LogP contribution in [0.3, 0.4) is 0 Å². The van der Waals surface area contributed by atoms with Crippen LogP contribution in [-0.2, 0) is 25.5 Å². The van der Waals surface area contributed by atoms with Crippen LogP contribution in [0.5, 0.6) is 0 Å². The van der Waals surface area contributed by atoms with Crippen molar-refractivity contribution in [1.29, 1.82) is 0 Å². The molecule has 1 aromatic rings. The van der Waals surface area contributed by atoms with Crippen molar-refractivity contribution >= 4 is 23.2 Å². The average molecular weight is 340 g/mol. The monoisotopic (exact) mass is 340 g/mol. The molecule has 1 saturated heterocycles. The Morgan fingerprint density at radius 1 is 1.35 bits per heavy atom. The maximum absolute atomic E-state index is 12.0. The van der Waals surface area contributed by atoms with E-state index >= 15 is 0 Å². The van der Waals surface area contributed by atoms with E-state index in [-0.39, 0.29) is 24.5 Å². The second-order valence-corrected chi connectivity index (χ2v) is 6.56. The van der Waals surface area contributed by atoms with Crippen LogP contribution < -0.4 is 5.32 Å². The first-order valence-electron chi connectivity index (χ1n) is 7.85. The Labute approximate surface area is 140 Å². The van der Waals surface area contributed by atoms with E-state index in [0.717, 1.165) is 17.7 Å². The van der Waals surface area contributed by atoms with Gasteiger partial charge in [-0.25, -0.2) is 0 Å². The first-order chi connectivity index (χ1) is 11.2. The molecule has 2 amide bonds. The second kappa shape index (κ2) is 9.64. The van der Waals surface area contributed by atoms with Gasteiger partial charge >= 0.3 is 0 Å². The lowest BCUT2D eigenvalue weighted by Gasteiger charge is -2.32. The third-order valence-electron chi connectivity index (χ3n) is 3.78. The molecule has 0 aromatic carbocycles. The number of amides is 2.